The third-order valence-electron chi connectivity index (χ3n) is 3.49. The number of nitrogens with zero attached hydrogens (tertiary/aromatic N) is 1. The summed E-state index contributed by atoms with van der Waals surface area (Å²) in [7, 11) is -2.73. The van der Waals surface area contributed by atoms with Gasteiger partial charge >= 0.3 is 0 Å². The lowest BCUT2D eigenvalue weighted by molar-refractivity contribution is -0.384. The minimum absolute atomic E-state index is 0.0967. The van der Waals surface area contributed by atoms with E-state index in [1.807, 2.05) is 6.92 Å². The van der Waals surface area contributed by atoms with Gasteiger partial charge in [0.25, 0.3) is 15.7 Å². The first-order chi connectivity index (χ1) is 12.3. The molecule has 0 spiro atoms. The summed E-state index contributed by atoms with van der Waals surface area (Å²) >= 11 is 0. The molecule has 2 rings (SSSR count). The third-order valence-corrected chi connectivity index (χ3v) is 4.88. The van der Waals surface area contributed by atoms with E-state index in [9.17, 15) is 18.5 Å². The van der Waals surface area contributed by atoms with Gasteiger partial charge in [-0.05, 0) is 43.2 Å². The molecule has 2 aromatic carbocycles. The lowest BCUT2D eigenvalue weighted by Crippen LogP contribution is -2.15. The summed E-state index contributed by atoms with van der Waals surface area (Å²) in [6, 6.07) is 8.66. The number of sulfonamides is 1. The number of aryl methyl sites for hydroxylation is 1. The molecule has 0 aliphatic rings. The molecule has 8 nitrogen and oxygen atoms in total. The number of hydrogen-bond donors (Lipinski definition) is 1. The number of nitrogens with one attached hydrogen (secondary N) is 1. The van der Waals surface area contributed by atoms with Crippen LogP contribution in [0.1, 0.15) is 18.9 Å². The van der Waals surface area contributed by atoms with E-state index in [4.69, 9.17) is 9.47 Å². The van der Waals surface area contributed by atoms with Crippen molar-refractivity contribution >= 4 is 21.4 Å². The van der Waals surface area contributed by atoms with Crippen molar-refractivity contribution in [2.45, 2.75) is 25.2 Å². The number of ether oxygens (including phenoxy) is 2. The summed E-state index contributed by atoms with van der Waals surface area (Å²) in [5, 5.41) is 11.3. The van der Waals surface area contributed by atoms with E-state index >= 15 is 0 Å². The lowest BCUT2D eigenvalue weighted by atomic mass is 10.2. The van der Waals surface area contributed by atoms with Gasteiger partial charge < -0.3 is 9.47 Å². The van der Waals surface area contributed by atoms with Crippen LogP contribution in [-0.4, -0.2) is 27.1 Å². The molecular formula is C17H20N2O6S. The molecular weight excluding hydrogens is 360 g/mol. The van der Waals surface area contributed by atoms with Crippen molar-refractivity contribution in [2.75, 3.05) is 18.4 Å². The highest BCUT2D eigenvalue weighted by Gasteiger charge is 2.24. The Morgan fingerprint density at radius 2 is 1.92 bits per heavy atom. The Hall–Kier alpha value is -2.81. The van der Waals surface area contributed by atoms with Crippen LogP contribution in [0.3, 0.4) is 0 Å². The normalized spacial score (nSPS) is 11.0. The lowest BCUT2D eigenvalue weighted by Gasteiger charge is -2.13. The highest BCUT2D eigenvalue weighted by atomic mass is 32.2. The second kappa shape index (κ2) is 8.05. The number of hydrogen-bond acceptors (Lipinski definition) is 6. The van der Waals surface area contributed by atoms with Crippen LogP contribution < -0.4 is 14.2 Å². The van der Waals surface area contributed by atoms with E-state index in [0.29, 0.717) is 17.9 Å². The standard InChI is InChI=1S/C17H20N2O6S/c1-4-9-25-13-6-7-14(15(11-13)19(20)21)18-26(22,23)17-10-12(2)5-8-16(17)24-3/h5-8,10-11,18H,4,9H2,1-3H3. The van der Waals surface area contributed by atoms with Gasteiger partial charge in [0.15, 0.2) is 0 Å². The van der Waals surface area contributed by atoms with Crippen molar-refractivity contribution in [1.82, 2.24) is 0 Å². The van der Waals surface area contributed by atoms with Crippen molar-refractivity contribution in [3.8, 4) is 11.5 Å². The smallest absolute Gasteiger partial charge is 0.297 e. The average Bonchev–Trinajstić information content (AvgIpc) is 2.60. The first kappa shape index (κ1) is 19.5. The Bertz CT molecular complexity index is 911. The van der Waals surface area contributed by atoms with Crippen LogP contribution in [-0.2, 0) is 10.0 Å². The number of nitro groups is 1. The first-order valence-electron chi connectivity index (χ1n) is 7.87. The van der Waals surface area contributed by atoms with Crippen LogP contribution in [0.15, 0.2) is 41.3 Å². The number of methoxy groups -OCH3 is 1. The fourth-order valence-electron chi connectivity index (χ4n) is 2.25. The first-order valence-corrected chi connectivity index (χ1v) is 9.35. The Kier molecular flexibility index (Phi) is 6.04. The molecule has 2 aromatic rings. The van der Waals surface area contributed by atoms with E-state index in [2.05, 4.69) is 4.72 Å². The van der Waals surface area contributed by atoms with Crippen molar-refractivity contribution < 1.29 is 22.8 Å². The molecule has 0 atom stereocenters. The largest absolute Gasteiger partial charge is 0.495 e. The van der Waals surface area contributed by atoms with Crippen molar-refractivity contribution in [3.05, 3.63) is 52.1 Å². The molecule has 0 radical (unpaired) electrons. The monoisotopic (exact) mass is 380 g/mol. The minimum Gasteiger partial charge on any atom is -0.495 e. The zero-order valence-electron chi connectivity index (χ0n) is 14.7. The minimum atomic E-state index is -4.08. The predicted octanol–water partition coefficient (Wildman–Crippen LogP) is 3.50. The van der Waals surface area contributed by atoms with Gasteiger partial charge in [0.2, 0.25) is 0 Å². The molecule has 0 unspecified atom stereocenters. The maximum absolute atomic E-state index is 12.7. The van der Waals surface area contributed by atoms with Gasteiger partial charge in [0, 0.05) is 0 Å². The summed E-state index contributed by atoms with van der Waals surface area (Å²) < 4.78 is 38.2. The Labute approximate surface area is 152 Å². The highest BCUT2D eigenvalue weighted by Crippen LogP contribution is 2.33. The van der Waals surface area contributed by atoms with Gasteiger partial charge in [-0.1, -0.05) is 13.0 Å². The van der Waals surface area contributed by atoms with Crippen LogP contribution in [0, 0.1) is 17.0 Å². The zero-order valence-corrected chi connectivity index (χ0v) is 15.5. The van der Waals surface area contributed by atoms with Gasteiger partial charge in [-0.25, -0.2) is 8.42 Å². The SMILES string of the molecule is CCCOc1ccc(NS(=O)(=O)c2cc(C)ccc2OC)c([N+](=O)[O-])c1. The number of benzene rings is 2. The van der Waals surface area contributed by atoms with E-state index in [0.717, 1.165) is 6.42 Å². The van der Waals surface area contributed by atoms with Crippen LogP contribution in [0.2, 0.25) is 0 Å². The zero-order chi connectivity index (χ0) is 19.3. The second-order valence-electron chi connectivity index (χ2n) is 5.54. The van der Waals surface area contributed by atoms with Gasteiger partial charge in [0.05, 0.1) is 24.7 Å². The summed E-state index contributed by atoms with van der Waals surface area (Å²) in [4.78, 5) is 10.6. The second-order valence-corrected chi connectivity index (χ2v) is 7.20. The number of anilines is 1. The van der Waals surface area contributed by atoms with Gasteiger partial charge in [-0.3, -0.25) is 14.8 Å². The molecule has 0 heterocycles. The topological polar surface area (TPSA) is 108 Å². The summed E-state index contributed by atoms with van der Waals surface area (Å²) in [6.45, 7) is 4.05. The van der Waals surface area contributed by atoms with E-state index < -0.39 is 20.6 Å². The van der Waals surface area contributed by atoms with Gasteiger partial charge in [-0.2, -0.15) is 0 Å². The number of rotatable bonds is 8. The molecule has 26 heavy (non-hydrogen) atoms. The summed E-state index contributed by atoms with van der Waals surface area (Å²) in [5.41, 5.74) is 0.167. The molecule has 0 saturated heterocycles. The van der Waals surface area contributed by atoms with E-state index in [-0.39, 0.29) is 16.3 Å². The number of nitro benzene ring substituents is 1. The summed E-state index contributed by atoms with van der Waals surface area (Å²) in [6.07, 6.45) is 0.745. The summed E-state index contributed by atoms with van der Waals surface area (Å²) in [5.74, 6) is 0.447. The maximum atomic E-state index is 12.7. The van der Waals surface area contributed by atoms with Crippen LogP contribution in [0.5, 0.6) is 11.5 Å². The van der Waals surface area contributed by atoms with Crippen LogP contribution in [0.25, 0.3) is 0 Å². The molecule has 9 heteroatoms. The molecule has 0 saturated carbocycles. The fraction of sp³-hybridized carbons (Fsp3) is 0.294. The molecule has 0 fully saturated rings. The average molecular weight is 380 g/mol. The van der Waals surface area contributed by atoms with Crippen LogP contribution in [0.4, 0.5) is 11.4 Å². The van der Waals surface area contributed by atoms with E-state index in [1.54, 1.807) is 13.0 Å². The van der Waals surface area contributed by atoms with Crippen molar-refractivity contribution in [1.29, 1.82) is 0 Å². The van der Waals surface area contributed by atoms with Crippen molar-refractivity contribution in [3.63, 3.8) is 0 Å². The van der Waals surface area contributed by atoms with Gasteiger partial charge in [0.1, 0.15) is 22.1 Å². The highest BCUT2D eigenvalue weighted by molar-refractivity contribution is 7.92. The molecule has 1 N–H and O–H groups in total. The third kappa shape index (κ3) is 4.42. The van der Waals surface area contributed by atoms with E-state index in [1.165, 1.54) is 37.4 Å². The van der Waals surface area contributed by atoms with Crippen molar-refractivity contribution in [2.24, 2.45) is 0 Å². The van der Waals surface area contributed by atoms with Gasteiger partial charge in [-0.15, -0.1) is 0 Å². The molecule has 0 aliphatic heterocycles. The fourth-order valence-corrected chi connectivity index (χ4v) is 3.58. The Morgan fingerprint density at radius 1 is 1.19 bits per heavy atom. The molecule has 0 amide bonds. The maximum Gasteiger partial charge on any atom is 0.297 e. The Balaban J connectivity index is 2.43. The quantitative estimate of drug-likeness (QED) is 0.555. The Morgan fingerprint density at radius 3 is 2.54 bits per heavy atom. The molecule has 140 valence electrons. The molecule has 0 aliphatic carbocycles. The predicted molar refractivity (Wildman–Crippen MR) is 97.4 cm³/mol. The molecule has 0 aromatic heterocycles. The van der Waals surface area contributed by atoms with Crippen LogP contribution >= 0.6 is 0 Å². The molecule has 0 bridgehead atoms.